The monoisotopic (exact) mass is 297 g/mol. The molecule has 1 rings (SSSR count). The Hall–Kier alpha value is -2.62. The number of ether oxygens (including phenoxy) is 3. The van der Waals surface area contributed by atoms with E-state index in [2.05, 4.69) is 4.74 Å². The molecule has 1 atom stereocenters. The molecule has 7 heteroatoms. The van der Waals surface area contributed by atoms with E-state index in [-0.39, 0.29) is 17.1 Å². The molecule has 0 aliphatic heterocycles. The van der Waals surface area contributed by atoms with E-state index in [4.69, 9.17) is 14.7 Å². The van der Waals surface area contributed by atoms with Crippen molar-refractivity contribution in [3.8, 4) is 17.6 Å². The number of carbonyl (C=O) groups excluding carboxylic acids is 1. The van der Waals surface area contributed by atoms with Crippen LogP contribution >= 0.6 is 0 Å². The van der Waals surface area contributed by atoms with Gasteiger partial charge >= 0.3 is 12.6 Å². The minimum Gasteiger partial charge on any atom is -0.493 e. The lowest BCUT2D eigenvalue weighted by Crippen LogP contribution is -2.10. The molecule has 0 aliphatic rings. The fourth-order valence-corrected chi connectivity index (χ4v) is 1.44. The first-order valence-corrected chi connectivity index (χ1v) is 5.88. The van der Waals surface area contributed by atoms with E-state index in [1.54, 1.807) is 12.1 Å². The second-order valence-electron chi connectivity index (χ2n) is 3.80. The summed E-state index contributed by atoms with van der Waals surface area (Å²) in [6.45, 7) is -1.62. The molecule has 0 fully saturated rings. The van der Waals surface area contributed by atoms with Crippen molar-refractivity contribution in [1.82, 2.24) is 0 Å². The predicted molar refractivity (Wildman–Crippen MR) is 69.8 cm³/mol. The first kappa shape index (κ1) is 16.4. The molecule has 0 bridgehead atoms. The van der Waals surface area contributed by atoms with Crippen LogP contribution in [-0.2, 0) is 9.53 Å². The van der Waals surface area contributed by atoms with Crippen LogP contribution < -0.4 is 9.47 Å². The van der Waals surface area contributed by atoms with Crippen LogP contribution in [0.5, 0.6) is 11.5 Å². The largest absolute Gasteiger partial charge is 0.493 e. The van der Waals surface area contributed by atoms with Gasteiger partial charge < -0.3 is 14.2 Å². The molecule has 0 saturated heterocycles. The highest BCUT2D eigenvalue weighted by Crippen LogP contribution is 2.33. The Morgan fingerprint density at radius 1 is 1.43 bits per heavy atom. The Bertz CT molecular complexity index is 567. The Balaban J connectivity index is 2.97. The molecule has 1 aromatic carbocycles. The van der Waals surface area contributed by atoms with Crippen molar-refractivity contribution in [2.24, 2.45) is 0 Å². The number of nitriles is 1. The molecule has 0 amide bonds. The van der Waals surface area contributed by atoms with Crippen LogP contribution in [0, 0.1) is 11.3 Å². The van der Waals surface area contributed by atoms with Crippen molar-refractivity contribution in [2.45, 2.75) is 19.6 Å². The van der Waals surface area contributed by atoms with Crippen molar-refractivity contribution >= 4 is 12.0 Å². The number of rotatable bonds is 6. The number of carbonyl (C=O) groups is 1. The molecular weight excluding hydrogens is 284 g/mol. The van der Waals surface area contributed by atoms with Crippen LogP contribution in [0.2, 0.25) is 0 Å². The zero-order valence-electron chi connectivity index (χ0n) is 11.4. The van der Waals surface area contributed by atoms with Gasteiger partial charge in [-0.15, -0.1) is 0 Å². The lowest BCUT2D eigenvalue weighted by Gasteiger charge is -2.12. The van der Waals surface area contributed by atoms with Crippen LogP contribution in [0.1, 0.15) is 12.5 Å². The summed E-state index contributed by atoms with van der Waals surface area (Å²) < 4.78 is 38.8. The maximum absolute atomic E-state index is 12.4. The highest BCUT2D eigenvalue weighted by molar-refractivity contribution is 5.88. The van der Waals surface area contributed by atoms with Crippen molar-refractivity contribution in [2.75, 3.05) is 7.11 Å². The Morgan fingerprint density at radius 2 is 2.14 bits per heavy atom. The number of halogens is 2. The van der Waals surface area contributed by atoms with Gasteiger partial charge in [-0.05, 0) is 19.1 Å². The molecule has 0 aliphatic carbocycles. The SMILES string of the molecule is COc1cccc(/C=C/C(=O)O[C@H](C)C#N)c1OC(F)F. The van der Waals surface area contributed by atoms with Gasteiger partial charge in [-0.2, -0.15) is 14.0 Å². The molecule has 1 aromatic rings. The van der Waals surface area contributed by atoms with Crippen molar-refractivity contribution in [3.63, 3.8) is 0 Å². The average Bonchev–Trinajstić information content (AvgIpc) is 2.45. The number of esters is 1. The van der Waals surface area contributed by atoms with Gasteiger partial charge in [0, 0.05) is 11.6 Å². The maximum atomic E-state index is 12.4. The molecule has 0 N–H and O–H groups in total. The van der Waals surface area contributed by atoms with Gasteiger partial charge in [0.1, 0.15) is 6.07 Å². The van der Waals surface area contributed by atoms with Crippen molar-refractivity contribution in [1.29, 1.82) is 5.26 Å². The van der Waals surface area contributed by atoms with E-state index in [0.717, 1.165) is 6.08 Å². The van der Waals surface area contributed by atoms with Gasteiger partial charge in [-0.3, -0.25) is 0 Å². The number of para-hydroxylation sites is 1. The van der Waals surface area contributed by atoms with Crippen LogP contribution in [0.15, 0.2) is 24.3 Å². The summed E-state index contributed by atoms with van der Waals surface area (Å²) in [4.78, 5) is 11.4. The van der Waals surface area contributed by atoms with Crippen LogP contribution in [-0.4, -0.2) is 25.8 Å². The van der Waals surface area contributed by atoms with Crippen LogP contribution in [0.25, 0.3) is 6.08 Å². The zero-order chi connectivity index (χ0) is 15.8. The fourth-order valence-electron chi connectivity index (χ4n) is 1.44. The standard InChI is InChI=1S/C14H13F2NO4/c1-9(8-17)20-12(18)7-6-10-4-3-5-11(19-2)13(10)21-14(15)16/h3-7,9,14H,1-2H3/b7-6+/t9-/m1/s1. The van der Waals surface area contributed by atoms with Crippen molar-refractivity contribution < 1.29 is 27.8 Å². The molecule has 0 spiro atoms. The summed E-state index contributed by atoms with van der Waals surface area (Å²) in [6, 6.07) is 6.20. The second-order valence-corrected chi connectivity index (χ2v) is 3.80. The molecule has 0 aromatic heterocycles. The first-order chi connectivity index (χ1) is 9.97. The van der Waals surface area contributed by atoms with Gasteiger partial charge in [0.25, 0.3) is 0 Å². The van der Waals surface area contributed by atoms with E-state index < -0.39 is 18.7 Å². The maximum Gasteiger partial charge on any atom is 0.387 e. The normalized spacial score (nSPS) is 12.0. The molecular formula is C14H13F2NO4. The highest BCUT2D eigenvalue weighted by Gasteiger charge is 2.14. The number of hydrogen-bond acceptors (Lipinski definition) is 5. The van der Waals surface area contributed by atoms with Gasteiger partial charge in [-0.25, -0.2) is 4.79 Å². The molecule has 21 heavy (non-hydrogen) atoms. The third kappa shape index (κ3) is 5.10. The smallest absolute Gasteiger partial charge is 0.387 e. The molecule has 112 valence electrons. The van der Waals surface area contributed by atoms with Gasteiger partial charge in [-0.1, -0.05) is 12.1 Å². The quantitative estimate of drug-likeness (QED) is 0.596. The summed E-state index contributed by atoms with van der Waals surface area (Å²) >= 11 is 0. The minimum absolute atomic E-state index is 0.108. The topological polar surface area (TPSA) is 68.5 Å². The number of hydrogen-bond donors (Lipinski definition) is 0. The van der Waals surface area contributed by atoms with E-state index in [1.807, 2.05) is 0 Å². The summed E-state index contributed by atoms with van der Waals surface area (Å²) in [7, 11) is 1.31. The lowest BCUT2D eigenvalue weighted by atomic mass is 10.1. The minimum atomic E-state index is -3.03. The number of benzene rings is 1. The lowest BCUT2D eigenvalue weighted by molar-refractivity contribution is -0.139. The van der Waals surface area contributed by atoms with Crippen LogP contribution in [0.3, 0.4) is 0 Å². The van der Waals surface area contributed by atoms with E-state index in [9.17, 15) is 13.6 Å². The summed E-state index contributed by atoms with van der Waals surface area (Å²) in [5.41, 5.74) is 0.219. The van der Waals surface area contributed by atoms with E-state index >= 15 is 0 Å². The molecule has 0 unspecified atom stereocenters. The summed E-state index contributed by atoms with van der Waals surface area (Å²) in [5.74, 6) is -0.849. The predicted octanol–water partition coefficient (Wildman–Crippen LogP) is 2.77. The Labute approximate surface area is 120 Å². The third-order valence-electron chi connectivity index (χ3n) is 2.31. The summed E-state index contributed by atoms with van der Waals surface area (Å²) in [5, 5.41) is 8.51. The first-order valence-electron chi connectivity index (χ1n) is 5.88. The fraction of sp³-hybridized carbons (Fsp3) is 0.286. The van der Waals surface area contributed by atoms with Crippen LogP contribution in [0.4, 0.5) is 8.78 Å². The molecule has 0 heterocycles. The zero-order valence-corrected chi connectivity index (χ0v) is 11.4. The summed E-state index contributed by atoms with van der Waals surface area (Å²) in [6.07, 6.45) is 1.36. The Morgan fingerprint density at radius 3 is 2.71 bits per heavy atom. The van der Waals surface area contributed by atoms with E-state index in [1.165, 1.54) is 32.2 Å². The van der Waals surface area contributed by atoms with Gasteiger partial charge in [0.15, 0.2) is 17.6 Å². The number of alkyl halides is 2. The third-order valence-corrected chi connectivity index (χ3v) is 2.31. The van der Waals surface area contributed by atoms with Crippen molar-refractivity contribution in [3.05, 3.63) is 29.8 Å². The average molecular weight is 297 g/mol. The van der Waals surface area contributed by atoms with E-state index in [0.29, 0.717) is 0 Å². The Kier molecular flexibility index (Phi) is 6.14. The number of nitrogens with zero attached hydrogens (tertiary/aromatic N) is 1. The van der Waals surface area contributed by atoms with Gasteiger partial charge in [0.2, 0.25) is 0 Å². The highest BCUT2D eigenvalue weighted by atomic mass is 19.3. The van der Waals surface area contributed by atoms with Gasteiger partial charge in [0.05, 0.1) is 7.11 Å². The second kappa shape index (κ2) is 7.85. The molecule has 5 nitrogen and oxygen atoms in total. The number of methoxy groups -OCH3 is 1. The molecule has 0 saturated carbocycles. The molecule has 0 radical (unpaired) electrons.